The number of halogens is 1. The summed E-state index contributed by atoms with van der Waals surface area (Å²) < 4.78 is 6.09. The van der Waals surface area contributed by atoms with Gasteiger partial charge < -0.3 is 19.7 Å². The van der Waals surface area contributed by atoms with Crippen molar-refractivity contribution in [3.8, 4) is 10.6 Å². The van der Waals surface area contributed by atoms with Gasteiger partial charge in [0.1, 0.15) is 10.5 Å². The summed E-state index contributed by atoms with van der Waals surface area (Å²) in [4.78, 5) is 12.0. The Morgan fingerprint density at radius 3 is 3.12 bits per heavy atom. The van der Waals surface area contributed by atoms with Crippen LogP contribution >= 0.6 is 22.9 Å². The van der Waals surface area contributed by atoms with Crippen LogP contribution in [0, 0.1) is 0 Å². The Morgan fingerprint density at radius 1 is 1.50 bits per heavy atom. The average Bonchev–Trinajstić information content (AvgIpc) is 3.20. The fraction of sp³-hybridized carbons (Fsp3) is 0.375. The number of aliphatic hydroxyl groups is 1. The number of hydrogen-bond acceptors (Lipinski definition) is 7. The van der Waals surface area contributed by atoms with Gasteiger partial charge in [-0.3, -0.25) is 0 Å². The van der Waals surface area contributed by atoms with Crippen LogP contribution in [0.25, 0.3) is 21.7 Å². The van der Waals surface area contributed by atoms with Crippen LogP contribution in [0.15, 0.2) is 22.7 Å². The van der Waals surface area contributed by atoms with E-state index >= 15 is 0 Å². The molecule has 6 nitrogen and oxygen atoms in total. The van der Waals surface area contributed by atoms with Crippen LogP contribution in [-0.4, -0.2) is 40.8 Å². The smallest absolute Gasteiger partial charge is 0.298 e. The van der Waals surface area contributed by atoms with Crippen molar-refractivity contribution in [1.29, 1.82) is 0 Å². The molecule has 1 aliphatic rings. The lowest BCUT2D eigenvalue weighted by molar-refractivity contribution is 0.285. The minimum atomic E-state index is -0.0265. The predicted molar refractivity (Wildman–Crippen MR) is 95.7 cm³/mol. The number of aromatic nitrogens is 2. The van der Waals surface area contributed by atoms with Gasteiger partial charge in [0.15, 0.2) is 5.58 Å². The first-order valence-electron chi connectivity index (χ1n) is 7.79. The number of rotatable bonds is 3. The third-order valence-electron chi connectivity index (χ3n) is 4.13. The Labute approximate surface area is 148 Å². The van der Waals surface area contributed by atoms with E-state index in [0.29, 0.717) is 22.7 Å². The number of benzene rings is 1. The van der Waals surface area contributed by atoms with Crippen molar-refractivity contribution in [2.75, 3.05) is 24.5 Å². The Balaban J connectivity index is 1.82. The standard InChI is InChI=1S/C16H17ClN4O2S/c1-9-6-18-2-3-21(9)16-20-13-5-10(17)4-12(14(13)23-16)15-19-7-11(8-22)24-15/h4-5,7,9,18,22H,2-3,6,8H2,1H3/t9-/m0/s1. The lowest BCUT2D eigenvalue weighted by Gasteiger charge is -2.32. The van der Waals surface area contributed by atoms with Crippen LogP contribution in [0.5, 0.6) is 0 Å². The van der Waals surface area contributed by atoms with E-state index in [-0.39, 0.29) is 6.61 Å². The molecule has 3 heterocycles. The number of oxazole rings is 1. The SMILES string of the molecule is C[C@H]1CNCCN1c1nc2cc(Cl)cc(-c3ncc(CO)s3)c2o1. The molecule has 24 heavy (non-hydrogen) atoms. The van der Waals surface area contributed by atoms with Crippen molar-refractivity contribution in [3.63, 3.8) is 0 Å². The largest absolute Gasteiger partial charge is 0.423 e. The second-order valence-electron chi connectivity index (χ2n) is 5.83. The predicted octanol–water partition coefficient (Wildman–Crippen LogP) is 2.90. The number of anilines is 1. The molecule has 0 aliphatic carbocycles. The number of piperazine rings is 1. The molecule has 3 aromatic rings. The summed E-state index contributed by atoms with van der Waals surface area (Å²) in [6, 6.07) is 4.56. The monoisotopic (exact) mass is 364 g/mol. The number of fused-ring (bicyclic) bond motifs is 1. The van der Waals surface area contributed by atoms with Crippen molar-refractivity contribution in [1.82, 2.24) is 15.3 Å². The summed E-state index contributed by atoms with van der Waals surface area (Å²) in [6.45, 7) is 4.77. The minimum Gasteiger partial charge on any atom is -0.423 e. The topological polar surface area (TPSA) is 74.4 Å². The van der Waals surface area contributed by atoms with Gasteiger partial charge in [-0.15, -0.1) is 11.3 Å². The summed E-state index contributed by atoms with van der Waals surface area (Å²) in [6.07, 6.45) is 1.67. The number of nitrogens with zero attached hydrogens (tertiary/aromatic N) is 3. The van der Waals surface area contributed by atoms with E-state index in [1.54, 1.807) is 12.3 Å². The molecule has 0 bridgehead atoms. The highest BCUT2D eigenvalue weighted by molar-refractivity contribution is 7.15. The molecular formula is C16H17ClN4O2S. The maximum atomic E-state index is 9.27. The van der Waals surface area contributed by atoms with Gasteiger partial charge in [-0.1, -0.05) is 11.6 Å². The molecule has 0 saturated carbocycles. The van der Waals surface area contributed by atoms with Crippen LogP contribution in [0.3, 0.4) is 0 Å². The summed E-state index contributed by atoms with van der Waals surface area (Å²) in [7, 11) is 0. The summed E-state index contributed by atoms with van der Waals surface area (Å²) in [5.74, 6) is 0. The molecule has 1 atom stereocenters. The normalized spacial score (nSPS) is 18.5. The third-order valence-corrected chi connectivity index (χ3v) is 5.36. The molecule has 0 spiro atoms. The van der Waals surface area contributed by atoms with Crippen LogP contribution < -0.4 is 10.2 Å². The fourth-order valence-electron chi connectivity index (χ4n) is 2.90. The van der Waals surface area contributed by atoms with Gasteiger partial charge >= 0.3 is 0 Å². The Bertz CT molecular complexity index is 878. The minimum absolute atomic E-state index is 0.0265. The highest BCUT2D eigenvalue weighted by Gasteiger charge is 2.24. The van der Waals surface area contributed by atoms with Gasteiger partial charge in [0.25, 0.3) is 6.01 Å². The molecule has 8 heteroatoms. The van der Waals surface area contributed by atoms with Crippen molar-refractivity contribution < 1.29 is 9.52 Å². The van der Waals surface area contributed by atoms with E-state index in [1.165, 1.54) is 11.3 Å². The van der Waals surface area contributed by atoms with Crippen molar-refractivity contribution >= 4 is 40.1 Å². The molecule has 2 aromatic heterocycles. The van der Waals surface area contributed by atoms with Crippen LogP contribution in [0.1, 0.15) is 11.8 Å². The molecule has 1 saturated heterocycles. The lowest BCUT2D eigenvalue weighted by atomic mass is 10.2. The summed E-state index contributed by atoms with van der Waals surface area (Å²) in [5, 5.41) is 14.0. The zero-order chi connectivity index (χ0) is 16.7. The second-order valence-corrected chi connectivity index (χ2v) is 7.39. The van der Waals surface area contributed by atoms with Crippen LogP contribution in [-0.2, 0) is 6.61 Å². The quantitative estimate of drug-likeness (QED) is 0.744. The van der Waals surface area contributed by atoms with E-state index in [9.17, 15) is 5.11 Å². The van der Waals surface area contributed by atoms with Crippen molar-refractivity contribution in [3.05, 3.63) is 28.2 Å². The van der Waals surface area contributed by atoms with Gasteiger partial charge in [-0.2, -0.15) is 4.98 Å². The van der Waals surface area contributed by atoms with Gasteiger partial charge in [0, 0.05) is 36.9 Å². The number of hydrogen-bond donors (Lipinski definition) is 2. The van der Waals surface area contributed by atoms with Gasteiger partial charge in [-0.05, 0) is 19.1 Å². The number of aliphatic hydroxyl groups excluding tert-OH is 1. The van der Waals surface area contributed by atoms with E-state index in [4.69, 9.17) is 16.0 Å². The number of nitrogens with one attached hydrogen (secondary N) is 1. The molecule has 2 N–H and O–H groups in total. The first-order chi connectivity index (χ1) is 11.7. The number of thiazole rings is 1. The molecule has 1 aromatic carbocycles. The zero-order valence-corrected chi connectivity index (χ0v) is 14.7. The Morgan fingerprint density at radius 2 is 2.38 bits per heavy atom. The van der Waals surface area contributed by atoms with E-state index in [1.807, 2.05) is 6.07 Å². The van der Waals surface area contributed by atoms with Crippen LogP contribution in [0.2, 0.25) is 5.02 Å². The highest BCUT2D eigenvalue weighted by Crippen LogP contribution is 2.36. The maximum absolute atomic E-state index is 9.27. The van der Waals surface area contributed by atoms with Gasteiger partial charge in [0.2, 0.25) is 0 Å². The first kappa shape index (κ1) is 15.8. The molecule has 126 valence electrons. The summed E-state index contributed by atoms with van der Waals surface area (Å²) >= 11 is 7.68. The maximum Gasteiger partial charge on any atom is 0.298 e. The lowest BCUT2D eigenvalue weighted by Crippen LogP contribution is -2.50. The molecule has 0 unspecified atom stereocenters. The molecule has 0 radical (unpaired) electrons. The Hall–Kier alpha value is -1.67. The molecule has 4 rings (SSSR count). The van der Waals surface area contributed by atoms with Gasteiger partial charge in [-0.25, -0.2) is 4.98 Å². The van der Waals surface area contributed by atoms with E-state index < -0.39 is 0 Å². The molecule has 1 aliphatic heterocycles. The van der Waals surface area contributed by atoms with E-state index in [2.05, 4.69) is 27.1 Å². The van der Waals surface area contributed by atoms with Crippen molar-refractivity contribution in [2.45, 2.75) is 19.6 Å². The molecule has 1 fully saturated rings. The fourth-order valence-corrected chi connectivity index (χ4v) is 3.90. The second kappa shape index (κ2) is 6.33. The summed E-state index contributed by atoms with van der Waals surface area (Å²) in [5.41, 5.74) is 2.21. The first-order valence-corrected chi connectivity index (χ1v) is 8.98. The molecule has 0 amide bonds. The average molecular weight is 365 g/mol. The van der Waals surface area contributed by atoms with Crippen LogP contribution in [0.4, 0.5) is 6.01 Å². The van der Waals surface area contributed by atoms with Gasteiger partial charge in [0.05, 0.1) is 17.0 Å². The molecular weight excluding hydrogens is 348 g/mol. The van der Waals surface area contributed by atoms with Crippen molar-refractivity contribution in [2.24, 2.45) is 0 Å². The van der Waals surface area contributed by atoms with E-state index in [0.717, 1.165) is 40.6 Å². The zero-order valence-electron chi connectivity index (χ0n) is 13.1. The Kier molecular flexibility index (Phi) is 4.17. The highest BCUT2D eigenvalue weighted by atomic mass is 35.5. The third kappa shape index (κ3) is 2.77.